The van der Waals surface area contributed by atoms with Gasteiger partial charge >= 0.3 is 10.1 Å². The van der Waals surface area contributed by atoms with Crippen LogP contribution in [0.2, 0.25) is 0 Å². The van der Waals surface area contributed by atoms with E-state index in [1.807, 2.05) is 30.3 Å². The van der Waals surface area contributed by atoms with Crippen molar-refractivity contribution in [2.45, 2.75) is 31.1 Å². The van der Waals surface area contributed by atoms with E-state index in [1.165, 1.54) is 0 Å². The van der Waals surface area contributed by atoms with Crippen molar-refractivity contribution in [3.63, 3.8) is 0 Å². The summed E-state index contributed by atoms with van der Waals surface area (Å²) >= 11 is 0. The molecule has 0 saturated heterocycles. The van der Waals surface area contributed by atoms with Crippen LogP contribution in [0.15, 0.2) is 76.6 Å². The third-order valence-electron chi connectivity index (χ3n) is 4.81. The van der Waals surface area contributed by atoms with E-state index in [-0.39, 0.29) is 22.9 Å². The second-order valence-corrected chi connectivity index (χ2v) is 9.72. The summed E-state index contributed by atoms with van der Waals surface area (Å²) in [6.45, 7) is 6.44. The number of ether oxygens (including phenoxy) is 2. The summed E-state index contributed by atoms with van der Waals surface area (Å²) in [5.41, 5.74) is 2.53. The number of hydrogen-bond donors (Lipinski definition) is 0. The number of rotatable bonds is 5. The van der Waals surface area contributed by atoms with E-state index in [2.05, 4.69) is 25.8 Å². The topological polar surface area (TPSA) is 74.2 Å². The molecule has 4 rings (SSSR count). The Labute approximate surface area is 182 Å². The Morgan fingerprint density at radius 2 is 1.58 bits per heavy atom. The molecular formula is C24H23NO5S. The average Bonchev–Trinajstić information content (AvgIpc) is 3.20. The summed E-state index contributed by atoms with van der Waals surface area (Å²) < 4.78 is 41.1. The van der Waals surface area contributed by atoms with E-state index in [0.29, 0.717) is 17.2 Å². The first-order chi connectivity index (χ1) is 14.7. The summed E-state index contributed by atoms with van der Waals surface area (Å²) in [7, 11) is -3.91. The van der Waals surface area contributed by atoms with Gasteiger partial charge in [-0.05, 0) is 71.1 Å². The van der Waals surface area contributed by atoms with Crippen molar-refractivity contribution < 1.29 is 22.1 Å². The normalized spacial score (nSPS) is 13.5. The predicted molar refractivity (Wildman–Crippen MR) is 119 cm³/mol. The summed E-state index contributed by atoms with van der Waals surface area (Å²) in [4.78, 5) is 4.52. The Morgan fingerprint density at radius 1 is 0.903 bits per heavy atom. The molecule has 0 atom stereocenters. The van der Waals surface area contributed by atoms with Crippen LogP contribution in [-0.4, -0.2) is 21.4 Å². The number of benzene rings is 3. The zero-order valence-corrected chi connectivity index (χ0v) is 18.3. The smallest absolute Gasteiger partial charge is 0.339 e. The van der Waals surface area contributed by atoms with Gasteiger partial charge < -0.3 is 13.7 Å². The first kappa shape index (κ1) is 20.9. The molecule has 0 radical (unpaired) electrons. The van der Waals surface area contributed by atoms with E-state index in [0.717, 1.165) is 11.1 Å². The third kappa shape index (κ3) is 4.88. The highest BCUT2D eigenvalue weighted by Crippen LogP contribution is 2.32. The molecule has 0 saturated carbocycles. The molecule has 7 heteroatoms. The molecule has 0 unspecified atom stereocenters. The molecule has 1 aliphatic heterocycles. The Kier molecular flexibility index (Phi) is 5.45. The molecule has 0 spiro atoms. The van der Waals surface area contributed by atoms with E-state index in [1.54, 1.807) is 42.6 Å². The van der Waals surface area contributed by atoms with Crippen molar-refractivity contribution in [1.29, 1.82) is 0 Å². The van der Waals surface area contributed by atoms with Crippen LogP contribution in [0.3, 0.4) is 0 Å². The van der Waals surface area contributed by atoms with Gasteiger partial charge in [-0.2, -0.15) is 8.42 Å². The molecule has 0 aromatic heterocycles. The van der Waals surface area contributed by atoms with Crippen molar-refractivity contribution in [1.82, 2.24) is 0 Å². The quantitative estimate of drug-likeness (QED) is 0.404. The van der Waals surface area contributed by atoms with Gasteiger partial charge in [-0.1, -0.05) is 32.9 Å². The lowest BCUT2D eigenvalue weighted by Crippen LogP contribution is -2.13. The number of hydrogen-bond acceptors (Lipinski definition) is 6. The predicted octanol–water partition coefficient (Wildman–Crippen LogP) is 5.23. The van der Waals surface area contributed by atoms with Gasteiger partial charge in [0.05, 0.1) is 5.69 Å². The van der Waals surface area contributed by atoms with Crippen LogP contribution >= 0.6 is 0 Å². The van der Waals surface area contributed by atoms with E-state index in [4.69, 9.17) is 13.7 Å². The molecule has 0 bridgehead atoms. The van der Waals surface area contributed by atoms with E-state index < -0.39 is 10.1 Å². The number of fused-ring (bicyclic) bond motifs is 1. The minimum absolute atomic E-state index is 0.0555. The van der Waals surface area contributed by atoms with Crippen molar-refractivity contribution in [2.75, 3.05) is 6.79 Å². The molecule has 31 heavy (non-hydrogen) atoms. The van der Waals surface area contributed by atoms with Gasteiger partial charge in [-0.25, -0.2) is 0 Å². The second kappa shape index (κ2) is 8.07. The minimum Gasteiger partial charge on any atom is -0.454 e. The Bertz CT molecular complexity index is 1210. The van der Waals surface area contributed by atoms with Crippen LogP contribution in [-0.2, 0) is 15.5 Å². The lowest BCUT2D eigenvalue weighted by Gasteiger charge is -2.19. The molecule has 160 valence electrons. The summed E-state index contributed by atoms with van der Waals surface area (Å²) in [6, 6.07) is 18.9. The molecule has 1 heterocycles. The largest absolute Gasteiger partial charge is 0.454 e. The highest BCUT2D eigenvalue weighted by atomic mass is 32.2. The highest BCUT2D eigenvalue weighted by Gasteiger charge is 2.19. The fourth-order valence-electron chi connectivity index (χ4n) is 3.03. The molecule has 0 aliphatic carbocycles. The fraction of sp³-hybridized carbons (Fsp3) is 0.208. The lowest BCUT2D eigenvalue weighted by atomic mass is 9.87. The van der Waals surface area contributed by atoms with Crippen LogP contribution in [0.1, 0.15) is 31.9 Å². The molecule has 0 N–H and O–H groups in total. The van der Waals surface area contributed by atoms with Crippen LogP contribution in [0.4, 0.5) is 5.69 Å². The maximum Gasteiger partial charge on any atom is 0.339 e. The van der Waals surface area contributed by atoms with Gasteiger partial charge in [0, 0.05) is 6.21 Å². The fourth-order valence-corrected chi connectivity index (χ4v) is 3.96. The third-order valence-corrected chi connectivity index (χ3v) is 6.07. The zero-order valence-electron chi connectivity index (χ0n) is 17.5. The van der Waals surface area contributed by atoms with Crippen LogP contribution in [0.5, 0.6) is 17.2 Å². The van der Waals surface area contributed by atoms with Crippen LogP contribution in [0, 0.1) is 0 Å². The van der Waals surface area contributed by atoms with Crippen LogP contribution in [0.25, 0.3) is 0 Å². The molecule has 0 fully saturated rings. The maximum absolute atomic E-state index is 12.6. The molecule has 3 aromatic carbocycles. The molecule has 6 nitrogen and oxygen atoms in total. The van der Waals surface area contributed by atoms with Crippen molar-refractivity contribution >= 4 is 22.0 Å². The molecule has 1 aliphatic rings. The van der Waals surface area contributed by atoms with Gasteiger partial charge in [0.1, 0.15) is 10.6 Å². The van der Waals surface area contributed by atoms with Gasteiger partial charge in [-0.3, -0.25) is 4.99 Å². The molecule has 3 aromatic rings. The first-order valence-corrected chi connectivity index (χ1v) is 11.2. The van der Waals surface area contributed by atoms with Crippen molar-refractivity contribution in [3.8, 4) is 17.2 Å². The highest BCUT2D eigenvalue weighted by molar-refractivity contribution is 7.87. The molecular weight excluding hydrogens is 414 g/mol. The van der Waals surface area contributed by atoms with Gasteiger partial charge in [0.25, 0.3) is 0 Å². The van der Waals surface area contributed by atoms with E-state index in [9.17, 15) is 8.42 Å². The number of aliphatic imine (C=N–C) groups is 1. The first-order valence-electron chi connectivity index (χ1n) is 9.80. The SMILES string of the molecule is CC(C)(C)c1ccc(S(=O)(=O)Oc2ccc(/N=C/c3ccc4c(c3)OCO4)cc2)cc1. The Hall–Kier alpha value is -3.32. The Morgan fingerprint density at radius 3 is 2.26 bits per heavy atom. The van der Waals surface area contributed by atoms with Gasteiger partial charge in [0.2, 0.25) is 6.79 Å². The monoisotopic (exact) mass is 437 g/mol. The van der Waals surface area contributed by atoms with E-state index >= 15 is 0 Å². The average molecular weight is 438 g/mol. The minimum atomic E-state index is -3.91. The summed E-state index contributed by atoms with van der Waals surface area (Å²) in [6.07, 6.45) is 1.70. The van der Waals surface area contributed by atoms with Gasteiger partial charge in [0.15, 0.2) is 11.5 Å². The second-order valence-electron chi connectivity index (χ2n) is 8.18. The number of nitrogens with zero attached hydrogens (tertiary/aromatic N) is 1. The lowest BCUT2D eigenvalue weighted by molar-refractivity contribution is 0.174. The molecule has 0 amide bonds. The van der Waals surface area contributed by atoms with Crippen molar-refractivity contribution in [3.05, 3.63) is 77.9 Å². The van der Waals surface area contributed by atoms with Gasteiger partial charge in [-0.15, -0.1) is 0 Å². The Balaban J connectivity index is 1.44. The standard InChI is InChI=1S/C24H23NO5S/c1-24(2,3)18-5-11-21(12-6-18)31(26,27)30-20-9-7-19(8-10-20)25-15-17-4-13-22-23(14-17)29-16-28-22/h4-15H,16H2,1-3H3/b25-15+. The van der Waals surface area contributed by atoms with Crippen LogP contribution < -0.4 is 13.7 Å². The summed E-state index contributed by atoms with van der Waals surface area (Å²) in [5, 5.41) is 0. The maximum atomic E-state index is 12.6. The van der Waals surface area contributed by atoms with Crippen molar-refractivity contribution in [2.24, 2.45) is 4.99 Å². The summed E-state index contributed by atoms with van der Waals surface area (Å²) in [5.74, 6) is 1.63. The zero-order chi connectivity index (χ0) is 22.1.